The number of benzene rings is 1. The van der Waals surface area contributed by atoms with Crippen LogP contribution in [-0.4, -0.2) is 93.7 Å². The van der Waals surface area contributed by atoms with Gasteiger partial charge in [-0.05, 0) is 32.4 Å². The van der Waals surface area contributed by atoms with E-state index in [1.165, 1.54) is 6.07 Å². The van der Waals surface area contributed by atoms with Crippen molar-refractivity contribution in [1.29, 1.82) is 0 Å². The van der Waals surface area contributed by atoms with Crippen LogP contribution in [0.4, 0.5) is 0 Å². The molecule has 4 heterocycles. The first kappa shape index (κ1) is 28.6. The van der Waals surface area contributed by atoms with Crippen LogP contribution >= 0.6 is 0 Å². The number of rotatable bonds is 10. The van der Waals surface area contributed by atoms with Crippen molar-refractivity contribution in [2.45, 2.75) is 62.8 Å². The van der Waals surface area contributed by atoms with Gasteiger partial charge in [0.1, 0.15) is 72.5 Å². The van der Waals surface area contributed by atoms with Gasteiger partial charge in [0.2, 0.25) is 0 Å². The van der Waals surface area contributed by atoms with Crippen LogP contribution in [0.1, 0.15) is 25.2 Å². The molecule has 6 N–H and O–H groups in total. The Morgan fingerprint density at radius 2 is 2.02 bits per heavy atom. The van der Waals surface area contributed by atoms with E-state index in [9.17, 15) is 30.3 Å². The summed E-state index contributed by atoms with van der Waals surface area (Å²) in [5.74, 6) is 1.04. The molecule has 5 rings (SSSR count). The third-order valence-electron chi connectivity index (χ3n) is 7.79. The van der Waals surface area contributed by atoms with Crippen LogP contribution in [-0.2, 0) is 16.2 Å². The first-order valence-corrected chi connectivity index (χ1v) is 13.1. The van der Waals surface area contributed by atoms with Gasteiger partial charge in [-0.15, -0.1) is 0 Å². The Kier molecular flexibility index (Phi) is 7.72. The number of allylic oxidation sites excluding steroid dienone is 1. The molecule has 216 valence electrons. The topological polar surface area (TPSA) is 176 Å². The number of ether oxygens (including phenoxy) is 1. The van der Waals surface area contributed by atoms with E-state index in [4.69, 9.17) is 18.9 Å². The van der Waals surface area contributed by atoms with Crippen molar-refractivity contribution in [3.8, 4) is 5.75 Å². The lowest BCUT2D eigenvalue weighted by Crippen LogP contribution is -3.11. The zero-order valence-corrected chi connectivity index (χ0v) is 22.5. The Bertz CT molecular complexity index is 1430. The quantitative estimate of drug-likeness (QED) is 0.151. The summed E-state index contributed by atoms with van der Waals surface area (Å²) in [5, 5.41) is 53.1. The minimum atomic E-state index is -2.27. The zero-order valence-electron chi connectivity index (χ0n) is 22.5. The van der Waals surface area contributed by atoms with Gasteiger partial charge in [0, 0.05) is 36.9 Å². The fourth-order valence-electron chi connectivity index (χ4n) is 5.38. The molecule has 1 aromatic carbocycles. The number of aliphatic imine (C=N–C) groups is 1. The average Bonchev–Trinajstić information content (AvgIpc) is 3.52. The molecule has 3 aliphatic heterocycles. The highest BCUT2D eigenvalue weighted by molar-refractivity contribution is 5.80. The smallest absolute Gasteiger partial charge is 0.192 e. The largest absolute Gasteiger partial charge is 0.485 e. The van der Waals surface area contributed by atoms with Crippen LogP contribution in [0, 0.1) is 6.92 Å². The molecule has 40 heavy (non-hydrogen) atoms. The molecule has 2 aromatic rings. The molecule has 0 aliphatic carbocycles. The number of nitrogens with one attached hydrogen (secondary N) is 1. The summed E-state index contributed by atoms with van der Waals surface area (Å²) >= 11 is 0. The van der Waals surface area contributed by atoms with Gasteiger partial charge in [-0.3, -0.25) is 14.7 Å². The van der Waals surface area contributed by atoms with Crippen molar-refractivity contribution in [2.24, 2.45) is 4.99 Å². The van der Waals surface area contributed by atoms with Crippen molar-refractivity contribution in [3.05, 3.63) is 63.3 Å². The monoisotopic (exact) mass is 559 g/mol. The summed E-state index contributed by atoms with van der Waals surface area (Å²) in [4.78, 5) is 28.4. The highest BCUT2D eigenvalue weighted by Crippen LogP contribution is 2.37. The van der Waals surface area contributed by atoms with Gasteiger partial charge in [-0.25, -0.2) is 9.78 Å². The van der Waals surface area contributed by atoms with E-state index in [1.54, 1.807) is 45.2 Å². The normalized spacial score (nSPS) is 24.9. The maximum absolute atomic E-state index is 12.5. The second kappa shape index (κ2) is 10.8. The van der Waals surface area contributed by atoms with E-state index in [0.29, 0.717) is 45.9 Å². The number of aryl methyl sites for hydroxylation is 1. The third kappa shape index (κ3) is 5.24. The summed E-state index contributed by atoms with van der Waals surface area (Å²) in [5.41, 5.74) is -0.673. The van der Waals surface area contributed by atoms with Gasteiger partial charge in [-0.1, -0.05) is 0 Å². The predicted molar refractivity (Wildman–Crippen MR) is 142 cm³/mol. The summed E-state index contributed by atoms with van der Waals surface area (Å²) in [6.07, 6.45) is -0.398. The van der Waals surface area contributed by atoms with Gasteiger partial charge < -0.3 is 34.7 Å². The maximum Gasteiger partial charge on any atom is 0.192 e. The van der Waals surface area contributed by atoms with E-state index in [-0.39, 0.29) is 12.0 Å². The molecule has 12 nitrogen and oxygen atoms in total. The van der Waals surface area contributed by atoms with Gasteiger partial charge in [-0.2, -0.15) is 0 Å². The Morgan fingerprint density at radius 3 is 2.77 bits per heavy atom. The highest BCUT2D eigenvalue weighted by Gasteiger charge is 2.51. The molecule has 0 spiro atoms. The molecule has 0 saturated heterocycles. The first-order chi connectivity index (χ1) is 18.9. The molecule has 1 aromatic heterocycles. The molecule has 0 amide bonds. The Labute approximate surface area is 230 Å². The van der Waals surface area contributed by atoms with Crippen molar-refractivity contribution in [2.75, 3.05) is 26.3 Å². The fourth-order valence-corrected chi connectivity index (χ4v) is 5.38. The Morgan fingerprint density at radius 1 is 1.25 bits per heavy atom. The van der Waals surface area contributed by atoms with E-state index in [0.717, 1.165) is 11.4 Å². The number of aliphatic hydroxyl groups excluding tert-OH is 4. The standard InChI is InChI=1S/C28H34N2O10/c1-15-8-20(32)17-9-16-10-25(27(2,3)39-22(16)11-23(17)38-15)40-37-13-24(34)28(36,26(35)21(33)12-31)14-30-7-5-18-19(30)4-6-29-18/h4-6,8-9,11,21,24-26,31,33-36H,7,10,12-14H2,1-3H3/p+1/t21-,24+,25-,26-,28-/m1/s1. The summed E-state index contributed by atoms with van der Waals surface area (Å²) in [7, 11) is 0. The predicted octanol–water partition coefficient (Wildman–Crippen LogP) is -1.31. The van der Waals surface area contributed by atoms with Gasteiger partial charge in [0.05, 0.1) is 12.0 Å². The SMILES string of the molecule is Cc1cc(=O)c2cc3c(cc2o1)OC(C)(C)[C@H](OOC[C@H](O)[C@](O)(C[NH+]1CC=C2N=CC=C21)[C@H](O)[C@H](O)CO)C3. The molecule has 0 saturated carbocycles. The summed E-state index contributed by atoms with van der Waals surface area (Å²) < 4.78 is 11.8. The Hall–Kier alpha value is -2.94. The molecular formula is C28H35N2O10+. The lowest BCUT2D eigenvalue weighted by atomic mass is 9.86. The van der Waals surface area contributed by atoms with Crippen LogP contribution < -0.4 is 15.1 Å². The lowest BCUT2D eigenvalue weighted by Gasteiger charge is -2.40. The molecule has 12 heteroatoms. The van der Waals surface area contributed by atoms with Gasteiger partial charge in [0.25, 0.3) is 0 Å². The van der Waals surface area contributed by atoms with Crippen LogP contribution in [0.2, 0.25) is 0 Å². The van der Waals surface area contributed by atoms with Crippen molar-refractivity contribution in [3.63, 3.8) is 0 Å². The first-order valence-electron chi connectivity index (χ1n) is 13.1. The Balaban J connectivity index is 1.29. The van der Waals surface area contributed by atoms with Crippen LogP contribution in [0.3, 0.4) is 0 Å². The minimum Gasteiger partial charge on any atom is -0.485 e. The summed E-state index contributed by atoms with van der Waals surface area (Å²) in [6.45, 7) is 4.16. The number of fused-ring (bicyclic) bond motifs is 3. The number of hydrogen-bond donors (Lipinski definition) is 6. The number of aliphatic hydroxyl groups is 5. The lowest BCUT2D eigenvalue weighted by molar-refractivity contribution is -0.856. The van der Waals surface area contributed by atoms with Gasteiger partial charge >= 0.3 is 0 Å². The molecule has 0 fully saturated rings. The molecule has 6 atom stereocenters. The maximum atomic E-state index is 12.5. The number of quaternary nitrogens is 1. The zero-order chi connectivity index (χ0) is 28.8. The molecule has 1 unspecified atom stereocenters. The minimum absolute atomic E-state index is 0.173. The van der Waals surface area contributed by atoms with Crippen molar-refractivity contribution >= 4 is 17.2 Å². The third-order valence-corrected chi connectivity index (χ3v) is 7.79. The van der Waals surface area contributed by atoms with E-state index < -0.39 is 48.8 Å². The van der Waals surface area contributed by atoms with Crippen LogP contribution in [0.5, 0.6) is 5.75 Å². The molecular weight excluding hydrogens is 524 g/mol. The molecule has 3 aliphatic rings. The highest BCUT2D eigenvalue weighted by atomic mass is 17.2. The van der Waals surface area contributed by atoms with Crippen molar-refractivity contribution in [1.82, 2.24) is 0 Å². The van der Waals surface area contributed by atoms with E-state index in [1.807, 2.05) is 6.08 Å². The second-order valence-electron chi connectivity index (χ2n) is 11.1. The van der Waals surface area contributed by atoms with E-state index in [2.05, 4.69) is 4.99 Å². The number of nitrogens with zero attached hydrogens (tertiary/aromatic N) is 1. The van der Waals surface area contributed by atoms with Gasteiger partial charge in [0.15, 0.2) is 16.7 Å². The summed E-state index contributed by atoms with van der Waals surface area (Å²) in [6, 6.07) is 4.80. The molecule has 0 radical (unpaired) electrons. The van der Waals surface area contributed by atoms with E-state index >= 15 is 0 Å². The second-order valence-corrected chi connectivity index (χ2v) is 11.1. The van der Waals surface area contributed by atoms with Crippen LogP contribution in [0.15, 0.2) is 55.9 Å². The van der Waals surface area contributed by atoms with Crippen LogP contribution in [0.25, 0.3) is 11.0 Å². The average molecular weight is 560 g/mol. The number of hydrogen-bond acceptors (Lipinski definition) is 11. The molecule has 0 bridgehead atoms. The van der Waals surface area contributed by atoms with Crippen molar-refractivity contribution < 1.29 is 49.4 Å². The fraction of sp³-hybridized carbons (Fsp3) is 0.500.